The predicted molar refractivity (Wildman–Crippen MR) is 61.9 cm³/mol. The van der Waals surface area contributed by atoms with Gasteiger partial charge in [-0.15, -0.1) is 11.6 Å². The van der Waals surface area contributed by atoms with Crippen molar-refractivity contribution in [1.82, 2.24) is 9.55 Å². The summed E-state index contributed by atoms with van der Waals surface area (Å²) in [6.45, 7) is 0.679. The minimum atomic E-state index is -0.837. The van der Waals surface area contributed by atoms with E-state index in [1.807, 2.05) is 0 Å². The quantitative estimate of drug-likeness (QED) is 0.769. The molecule has 0 aliphatic heterocycles. The number of halogens is 3. The number of alkyl halides is 1. The first kappa shape index (κ1) is 11.0. The molecule has 17 heavy (non-hydrogen) atoms. The molecule has 1 aliphatic rings. The molecule has 3 rings (SSSR count). The van der Waals surface area contributed by atoms with Gasteiger partial charge in [0.2, 0.25) is 0 Å². The van der Waals surface area contributed by atoms with E-state index in [9.17, 15) is 8.78 Å². The first-order valence-electron chi connectivity index (χ1n) is 5.59. The summed E-state index contributed by atoms with van der Waals surface area (Å²) >= 11 is 5.80. The molecule has 0 spiro atoms. The Morgan fingerprint density at radius 1 is 1.35 bits per heavy atom. The standard InChI is InChI=1S/C12H11ClF2N2/c13-5-10-16-9-4-3-8(14)11(15)12(9)17(10)6-7-1-2-7/h3-4,7H,1-2,5-6H2. The fraction of sp³-hybridized carbons (Fsp3) is 0.417. The van der Waals surface area contributed by atoms with Crippen LogP contribution in [0, 0.1) is 17.6 Å². The minimum absolute atomic E-state index is 0.211. The topological polar surface area (TPSA) is 17.8 Å². The molecule has 2 nitrogen and oxygen atoms in total. The van der Waals surface area contributed by atoms with Crippen molar-refractivity contribution in [3.8, 4) is 0 Å². The van der Waals surface area contributed by atoms with Crippen LogP contribution in [0.5, 0.6) is 0 Å². The number of fused-ring (bicyclic) bond motifs is 1. The zero-order valence-corrected chi connectivity index (χ0v) is 9.84. The van der Waals surface area contributed by atoms with E-state index < -0.39 is 11.6 Å². The van der Waals surface area contributed by atoms with Crippen molar-refractivity contribution in [2.24, 2.45) is 5.92 Å². The van der Waals surface area contributed by atoms with Crippen LogP contribution < -0.4 is 0 Å². The van der Waals surface area contributed by atoms with Crippen molar-refractivity contribution in [2.45, 2.75) is 25.3 Å². The third kappa shape index (κ3) is 1.80. The van der Waals surface area contributed by atoms with E-state index >= 15 is 0 Å². The highest BCUT2D eigenvalue weighted by atomic mass is 35.5. The van der Waals surface area contributed by atoms with Gasteiger partial charge in [0, 0.05) is 6.54 Å². The van der Waals surface area contributed by atoms with Gasteiger partial charge in [-0.05, 0) is 30.9 Å². The van der Waals surface area contributed by atoms with Crippen LogP contribution in [0.4, 0.5) is 8.78 Å². The fourth-order valence-corrected chi connectivity index (χ4v) is 2.27. The van der Waals surface area contributed by atoms with Crippen molar-refractivity contribution in [3.63, 3.8) is 0 Å². The normalized spacial score (nSPS) is 15.7. The second kappa shape index (κ2) is 3.95. The molecule has 0 saturated heterocycles. The molecule has 1 fully saturated rings. The maximum Gasteiger partial charge on any atom is 0.184 e. The Hall–Kier alpha value is -1.16. The summed E-state index contributed by atoms with van der Waals surface area (Å²) in [7, 11) is 0. The molecule has 0 bridgehead atoms. The Morgan fingerprint density at radius 2 is 2.12 bits per heavy atom. The number of hydrogen-bond donors (Lipinski definition) is 0. The number of rotatable bonds is 3. The largest absolute Gasteiger partial charge is 0.324 e. The molecule has 0 amide bonds. The van der Waals surface area contributed by atoms with Gasteiger partial charge in [-0.1, -0.05) is 0 Å². The van der Waals surface area contributed by atoms with E-state index in [1.165, 1.54) is 6.07 Å². The van der Waals surface area contributed by atoms with E-state index in [0.717, 1.165) is 18.9 Å². The van der Waals surface area contributed by atoms with Gasteiger partial charge in [-0.2, -0.15) is 0 Å². The monoisotopic (exact) mass is 256 g/mol. The summed E-state index contributed by atoms with van der Waals surface area (Å²) in [5.74, 6) is -0.291. The summed E-state index contributed by atoms with van der Waals surface area (Å²) in [5, 5.41) is 0. The molecular formula is C12H11ClF2N2. The molecule has 0 unspecified atom stereocenters. The Labute approximate surface area is 102 Å². The molecule has 0 N–H and O–H groups in total. The fourth-order valence-electron chi connectivity index (χ4n) is 2.06. The summed E-state index contributed by atoms with van der Waals surface area (Å²) in [4.78, 5) is 4.24. The van der Waals surface area contributed by atoms with Gasteiger partial charge in [0.1, 0.15) is 11.3 Å². The second-order valence-electron chi connectivity index (χ2n) is 4.44. The lowest BCUT2D eigenvalue weighted by atomic mass is 10.3. The van der Waals surface area contributed by atoms with Crippen molar-refractivity contribution < 1.29 is 8.78 Å². The highest BCUT2D eigenvalue weighted by Crippen LogP contribution is 2.33. The lowest BCUT2D eigenvalue weighted by molar-refractivity contribution is 0.508. The van der Waals surface area contributed by atoms with Crippen LogP contribution in [-0.4, -0.2) is 9.55 Å². The van der Waals surface area contributed by atoms with E-state index in [1.54, 1.807) is 4.57 Å². The summed E-state index contributed by atoms with van der Waals surface area (Å²) in [6, 6.07) is 2.59. The number of hydrogen-bond acceptors (Lipinski definition) is 1. The Kier molecular flexibility index (Phi) is 2.54. The summed E-state index contributed by atoms with van der Waals surface area (Å²) in [5.41, 5.74) is 0.716. The van der Waals surface area contributed by atoms with Crippen molar-refractivity contribution in [1.29, 1.82) is 0 Å². The smallest absolute Gasteiger partial charge is 0.184 e. The van der Waals surface area contributed by atoms with Crippen LogP contribution in [-0.2, 0) is 12.4 Å². The second-order valence-corrected chi connectivity index (χ2v) is 4.71. The highest BCUT2D eigenvalue weighted by Gasteiger charge is 2.25. The average Bonchev–Trinajstić information content (AvgIpc) is 3.05. The molecule has 90 valence electrons. The first-order chi connectivity index (χ1) is 8.20. The molecule has 1 heterocycles. The average molecular weight is 257 g/mol. The van der Waals surface area contributed by atoms with Gasteiger partial charge in [0.15, 0.2) is 11.6 Å². The molecule has 0 atom stereocenters. The van der Waals surface area contributed by atoms with Crippen LogP contribution in [0.3, 0.4) is 0 Å². The molecule has 5 heteroatoms. The van der Waals surface area contributed by atoms with Crippen LogP contribution >= 0.6 is 11.6 Å². The van der Waals surface area contributed by atoms with E-state index in [0.29, 0.717) is 23.8 Å². The van der Waals surface area contributed by atoms with Crippen LogP contribution in [0.1, 0.15) is 18.7 Å². The minimum Gasteiger partial charge on any atom is -0.324 e. The number of imidazole rings is 1. The van der Waals surface area contributed by atoms with Crippen molar-refractivity contribution >= 4 is 22.6 Å². The lowest BCUT2D eigenvalue weighted by Crippen LogP contribution is -2.05. The maximum atomic E-state index is 13.8. The third-order valence-electron chi connectivity index (χ3n) is 3.14. The molecule has 1 aliphatic carbocycles. The zero-order valence-electron chi connectivity index (χ0n) is 9.09. The van der Waals surface area contributed by atoms with Crippen LogP contribution in [0.15, 0.2) is 12.1 Å². The number of nitrogens with zero attached hydrogens (tertiary/aromatic N) is 2. The van der Waals surface area contributed by atoms with Gasteiger partial charge < -0.3 is 4.57 Å². The number of aromatic nitrogens is 2. The Bertz CT molecular complexity index is 575. The molecule has 2 aromatic rings. The van der Waals surface area contributed by atoms with E-state index in [2.05, 4.69) is 4.98 Å². The van der Waals surface area contributed by atoms with E-state index in [-0.39, 0.29) is 11.4 Å². The highest BCUT2D eigenvalue weighted by molar-refractivity contribution is 6.16. The predicted octanol–water partition coefficient (Wildman–Crippen LogP) is 3.46. The molecular weight excluding hydrogens is 246 g/mol. The van der Waals surface area contributed by atoms with Gasteiger partial charge >= 0.3 is 0 Å². The zero-order chi connectivity index (χ0) is 12.0. The molecule has 1 aromatic carbocycles. The summed E-state index contributed by atoms with van der Waals surface area (Å²) < 4.78 is 28.8. The van der Waals surface area contributed by atoms with Crippen LogP contribution in [0.2, 0.25) is 0 Å². The molecule has 1 aromatic heterocycles. The van der Waals surface area contributed by atoms with Gasteiger partial charge in [0.25, 0.3) is 0 Å². The third-order valence-corrected chi connectivity index (χ3v) is 3.37. The maximum absolute atomic E-state index is 13.8. The number of benzene rings is 1. The van der Waals surface area contributed by atoms with Gasteiger partial charge in [-0.3, -0.25) is 0 Å². The molecule has 0 radical (unpaired) electrons. The van der Waals surface area contributed by atoms with Gasteiger partial charge in [-0.25, -0.2) is 13.8 Å². The molecule has 1 saturated carbocycles. The van der Waals surface area contributed by atoms with Crippen LogP contribution in [0.25, 0.3) is 11.0 Å². The Morgan fingerprint density at radius 3 is 2.76 bits per heavy atom. The van der Waals surface area contributed by atoms with E-state index in [4.69, 9.17) is 11.6 Å². The summed E-state index contributed by atoms with van der Waals surface area (Å²) in [6.07, 6.45) is 2.27. The Balaban J connectivity index is 2.22. The lowest BCUT2D eigenvalue weighted by Gasteiger charge is -2.07. The van der Waals surface area contributed by atoms with Gasteiger partial charge in [0.05, 0.1) is 11.4 Å². The SMILES string of the molecule is Fc1ccc2nc(CCl)n(CC3CC3)c2c1F. The van der Waals surface area contributed by atoms with Crippen molar-refractivity contribution in [2.75, 3.05) is 0 Å². The van der Waals surface area contributed by atoms with Crippen molar-refractivity contribution in [3.05, 3.63) is 29.6 Å². The first-order valence-corrected chi connectivity index (χ1v) is 6.13.